The first-order chi connectivity index (χ1) is 10.0. The molecule has 21 heavy (non-hydrogen) atoms. The van der Waals surface area contributed by atoms with Crippen LogP contribution >= 0.6 is 0 Å². The molecule has 4 N–H and O–H groups in total. The third-order valence-electron chi connectivity index (χ3n) is 2.95. The number of hydrogen-bond acceptors (Lipinski definition) is 4. The van der Waals surface area contributed by atoms with Gasteiger partial charge in [-0.2, -0.15) is 0 Å². The highest BCUT2D eigenvalue weighted by Crippen LogP contribution is 2.26. The van der Waals surface area contributed by atoms with Crippen LogP contribution in [-0.2, 0) is 0 Å². The molecule has 2 aromatic rings. The number of nitrogen functional groups attached to an aromatic ring is 1. The van der Waals surface area contributed by atoms with Crippen molar-refractivity contribution in [2.45, 2.75) is 0 Å². The van der Waals surface area contributed by atoms with Crippen molar-refractivity contribution in [2.75, 3.05) is 25.2 Å². The quantitative estimate of drug-likeness (QED) is 0.756. The largest absolute Gasteiger partial charge is 0.494 e. The fourth-order valence-electron chi connectivity index (χ4n) is 1.90. The summed E-state index contributed by atoms with van der Waals surface area (Å²) in [7, 11) is 2.93. The molecule has 0 bridgehead atoms. The summed E-state index contributed by atoms with van der Waals surface area (Å²) >= 11 is 0. The van der Waals surface area contributed by atoms with E-state index in [-0.39, 0.29) is 11.7 Å². The second-order valence-corrected chi connectivity index (χ2v) is 4.36. The second kappa shape index (κ2) is 6.13. The first kappa shape index (κ1) is 14.6. The first-order valence-electron chi connectivity index (χ1n) is 6.27. The van der Waals surface area contributed by atoms with E-state index in [0.29, 0.717) is 22.6 Å². The molecule has 0 saturated carbocycles. The van der Waals surface area contributed by atoms with Crippen LogP contribution in [0.2, 0.25) is 0 Å². The van der Waals surface area contributed by atoms with Crippen LogP contribution in [0.15, 0.2) is 36.4 Å². The Balaban J connectivity index is 2.36. The lowest BCUT2D eigenvalue weighted by Crippen LogP contribution is -2.19. The smallest absolute Gasteiger partial charge is 0.253 e. The number of benzene rings is 2. The van der Waals surface area contributed by atoms with E-state index in [2.05, 4.69) is 10.6 Å². The van der Waals surface area contributed by atoms with Crippen molar-refractivity contribution in [1.82, 2.24) is 5.32 Å². The summed E-state index contributed by atoms with van der Waals surface area (Å²) in [6, 6.07) is 9.30. The van der Waals surface area contributed by atoms with E-state index < -0.39 is 5.82 Å². The molecule has 0 fully saturated rings. The molecule has 1 amide bonds. The lowest BCUT2D eigenvalue weighted by atomic mass is 10.1. The van der Waals surface area contributed by atoms with E-state index >= 15 is 0 Å². The molecule has 0 radical (unpaired) electrons. The van der Waals surface area contributed by atoms with Crippen LogP contribution in [0.1, 0.15) is 10.4 Å². The first-order valence-corrected chi connectivity index (χ1v) is 6.27. The molecule has 2 rings (SSSR count). The summed E-state index contributed by atoms with van der Waals surface area (Å²) in [4.78, 5) is 11.8. The van der Waals surface area contributed by atoms with Gasteiger partial charge in [-0.1, -0.05) is 0 Å². The maximum absolute atomic E-state index is 13.7. The molecule has 0 spiro atoms. The molecule has 0 heterocycles. The van der Waals surface area contributed by atoms with Gasteiger partial charge < -0.3 is 21.1 Å². The van der Waals surface area contributed by atoms with Gasteiger partial charge in [-0.3, -0.25) is 4.79 Å². The molecular formula is C15H16FN3O2. The summed E-state index contributed by atoms with van der Waals surface area (Å²) in [5.74, 6) is -0.598. The lowest BCUT2D eigenvalue weighted by Gasteiger charge is -2.13. The van der Waals surface area contributed by atoms with Gasteiger partial charge in [-0.15, -0.1) is 0 Å². The van der Waals surface area contributed by atoms with Gasteiger partial charge in [0.1, 0.15) is 0 Å². The number of methoxy groups -OCH3 is 1. The number of halogens is 1. The molecule has 0 aliphatic heterocycles. The van der Waals surface area contributed by atoms with Gasteiger partial charge in [0.25, 0.3) is 5.91 Å². The van der Waals surface area contributed by atoms with Gasteiger partial charge in [0.05, 0.1) is 18.4 Å². The summed E-state index contributed by atoms with van der Waals surface area (Å²) in [5, 5.41) is 5.53. The summed E-state index contributed by atoms with van der Waals surface area (Å²) in [6.45, 7) is 0. The normalized spacial score (nSPS) is 10.0. The van der Waals surface area contributed by atoms with Crippen LogP contribution in [0, 0.1) is 5.82 Å². The van der Waals surface area contributed by atoms with Crippen LogP contribution in [0.3, 0.4) is 0 Å². The molecule has 5 nitrogen and oxygen atoms in total. The van der Waals surface area contributed by atoms with Crippen molar-refractivity contribution < 1.29 is 13.9 Å². The van der Waals surface area contributed by atoms with Crippen LogP contribution < -0.4 is 21.1 Å². The Kier molecular flexibility index (Phi) is 4.27. The average Bonchev–Trinajstić information content (AvgIpc) is 2.47. The van der Waals surface area contributed by atoms with Crippen molar-refractivity contribution in [3.8, 4) is 5.75 Å². The minimum absolute atomic E-state index is 0.152. The van der Waals surface area contributed by atoms with Crippen LogP contribution in [-0.4, -0.2) is 20.1 Å². The SMILES string of the molecule is CNC(=O)c1ccc(N)cc1Nc1ccc(OC)c(F)c1. The fourth-order valence-corrected chi connectivity index (χ4v) is 1.90. The van der Waals surface area contributed by atoms with Crippen molar-refractivity contribution in [2.24, 2.45) is 0 Å². The molecule has 0 aromatic heterocycles. The highest BCUT2D eigenvalue weighted by atomic mass is 19.1. The van der Waals surface area contributed by atoms with Gasteiger partial charge in [0.2, 0.25) is 0 Å². The average molecular weight is 289 g/mol. The molecular weight excluding hydrogens is 273 g/mol. The Morgan fingerprint density at radius 1 is 1.24 bits per heavy atom. The Bertz CT molecular complexity index is 674. The van der Waals surface area contributed by atoms with E-state index in [1.807, 2.05) is 0 Å². The highest BCUT2D eigenvalue weighted by molar-refractivity contribution is 6.00. The number of carbonyl (C=O) groups excluding carboxylic acids is 1. The Labute approximate surface area is 121 Å². The standard InChI is InChI=1S/C15H16FN3O2/c1-18-15(20)11-5-3-9(17)7-13(11)19-10-4-6-14(21-2)12(16)8-10/h3-8,19H,17H2,1-2H3,(H,18,20). The molecule has 0 aliphatic rings. The van der Waals surface area contributed by atoms with E-state index in [1.54, 1.807) is 24.3 Å². The Morgan fingerprint density at radius 3 is 2.62 bits per heavy atom. The van der Waals surface area contributed by atoms with Gasteiger partial charge in [-0.05, 0) is 30.3 Å². The number of nitrogens with one attached hydrogen (secondary N) is 2. The fraction of sp³-hybridized carbons (Fsp3) is 0.133. The highest BCUT2D eigenvalue weighted by Gasteiger charge is 2.11. The van der Waals surface area contributed by atoms with Gasteiger partial charge in [0.15, 0.2) is 11.6 Å². The second-order valence-electron chi connectivity index (χ2n) is 4.36. The number of anilines is 3. The summed E-state index contributed by atoms with van der Waals surface area (Å²) in [5.41, 5.74) is 7.64. The van der Waals surface area contributed by atoms with E-state index in [9.17, 15) is 9.18 Å². The van der Waals surface area contributed by atoms with E-state index in [0.717, 1.165) is 0 Å². The number of rotatable bonds is 4. The minimum atomic E-state index is -0.493. The molecule has 110 valence electrons. The van der Waals surface area contributed by atoms with Crippen molar-refractivity contribution >= 4 is 23.0 Å². The topological polar surface area (TPSA) is 76.4 Å². The van der Waals surface area contributed by atoms with Crippen molar-refractivity contribution in [1.29, 1.82) is 0 Å². The summed E-state index contributed by atoms with van der Waals surface area (Å²) in [6.07, 6.45) is 0. The third kappa shape index (κ3) is 3.22. The monoisotopic (exact) mass is 289 g/mol. The summed E-state index contributed by atoms with van der Waals surface area (Å²) < 4.78 is 18.6. The molecule has 0 aliphatic carbocycles. The number of hydrogen-bond donors (Lipinski definition) is 3. The van der Waals surface area contributed by atoms with Crippen LogP contribution in [0.25, 0.3) is 0 Å². The molecule has 0 atom stereocenters. The van der Waals surface area contributed by atoms with Crippen molar-refractivity contribution in [3.05, 3.63) is 47.8 Å². The van der Waals surface area contributed by atoms with Gasteiger partial charge in [0, 0.05) is 24.5 Å². The van der Waals surface area contributed by atoms with E-state index in [1.165, 1.54) is 26.3 Å². The predicted octanol–water partition coefficient (Wildman–Crippen LogP) is 2.52. The number of amides is 1. The number of carbonyl (C=O) groups is 1. The Morgan fingerprint density at radius 2 is 2.00 bits per heavy atom. The minimum Gasteiger partial charge on any atom is -0.494 e. The number of nitrogens with two attached hydrogens (primary N) is 1. The maximum atomic E-state index is 13.7. The molecule has 2 aromatic carbocycles. The molecule has 0 unspecified atom stereocenters. The van der Waals surface area contributed by atoms with Crippen molar-refractivity contribution in [3.63, 3.8) is 0 Å². The Hall–Kier alpha value is -2.76. The van der Waals surface area contributed by atoms with Gasteiger partial charge in [-0.25, -0.2) is 4.39 Å². The molecule has 6 heteroatoms. The third-order valence-corrected chi connectivity index (χ3v) is 2.95. The zero-order chi connectivity index (χ0) is 15.4. The zero-order valence-corrected chi connectivity index (χ0v) is 11.7. The van der Waals surface area contributed by atoms with Crippen LogP contribution in [0.4, 0.5) is 21.5 Å². The van der Waals surface area contributed by atoms with E-state index in [4.69, 9.17) is 10.5 Å². The van der Waals surface area contributed by atoms with Crippen LogP contribution in [0.5, 0.6) is 5.75 Å². The predicted molar refractivity (Wildman–Crippen MR) is 80.5 cm³/mol. The molecule has 0 saturated heterocycles. The zero-order valence-electron chi connectivity index (χ0n) is 11.7. The van der Waals surface area contributed by atoms with Gasteiger partial charge >= 0.3 is 0 Å². The number of ether oxygens (including phenoxy) is 1. The lowest BCUT2D eigenvalue weighted by molar-refractivity contribution is 0.0964. The maximum Gasteiger partial charge on any atom is 0.253 e.